The number of nitrogens with one attached hydrogen (secondary N) is 1. The topological polar surface area (TPSA) is 51.4 Å². The molecule has 7 heteroatoms. The third-order valence-corrected chi connectivity index (χ3v) is 5.82. The molecule has 4 rings (SSSR count). The van der Waals surface area contributed by atoms with Gasteiger partial charge in [0.1, 0.15) is 5.75 Å². The first-order valence-electron chi connectivity index (χ1n) is 10.3. The molecule has 30 heavy (non-hydrogen) atoms. The summed E-state index contributed by atoms with van der Waals surface area (Å²) in [5.74, 6) is 0.794. The second kappa shape index (κ2) is 9.08. The molecular formula is C23H27ClN4O2. The highest BCUT2D eigenvalue weighted by atomic mass is 35.5. The van der Waals surface area contributed by atoms with Crippen LogP contribution in [0.25, 0.3) is 5.69 Å². The molecule has 1 saturated heterocycles. The molecule has 0 amide bonds. The lowest BCUT2D eigenvalue weighted by atomic mass is 10.0. The number of methoxy groups -OCH3 is 1. The van der Waals surface area contributed by atoms with Crippen LogP contribution >= 0.6 is 11.6 Å². The van der Waals surface area contributed by atoms with Crippen LogP contribution in [0.3, 0.4) is 0 Å². The molecule has 1 fully saturated rings. The van der Waals surface area contributed by atoms with Gasteiger partial charge in [-0.05, 0) is 31.2 Å². The Bertz CT molecular complexity index is 1060. The zero-order chi connectivity index (χ0) is 21.1. The first-order valence-corrected chi connectivity index (χ1v) is 10.6. The van der Waals surface area contributed by atoms with E-state index in [0.717, 1.165) is 55.4 Å². The van der Waals surface area contributed by atoms with Gasteiger partial charge in [-0.15, -0.1) is 0 Å². The standard InChI is InChI=1S/C23H27ClN4O2/c1-3-27-19(14-23(29)28(27)18-7-5-4-6-8-18)15-26-12-11-25-21(16-26)20-10-9-17(24)13-22(20)30-2/h4-10,13-14,21,25H,3,11-12,15-16H2,1-2H3. The number of aromatic nitrogens is 2. The molecule has 6 nitrogen and oxygen atoms in total. The molecule has 1 N–H and O–H groups in total. The molecule has 1 aromatic heterocycles. The van der Waals surface area contributed by atoms with Crippen LogP contribution in [-0.4, -0.2) is 41.0 Å². The second-order valence-corrected chi connectivity index (χ2v) is 7.90. The molecule has 1 atom stereocenters. The highest BCUT2D eigenvalue weighted by Crippen LogP contribution is 2.30. The summed E-state index contributed by atoms with van der Waals surface area (Å²) in [5.41, 5.74) is 3.01. The highest BCUT2D eigenvalue weighted by molar-refractivity contribution is 6.30. The Kier molecular flexibility index (Phi) is 6.27. The molecule has 0 aliphatic carbocycles. The minimum Gasteiger partial charge on any atom is -0.496 e. The molecular weight excluding hydrogens is 400 g/mol. The van der Waals surface area contributed by atoms with E-state index in [2.05, 4.69) is 21.8 Å². The van der Waals surface area contributed by atoms with Crippen molar-refractivity contribution >= 4 is 11.6 Å². The van der Waals surface area contributed by atoms with Crippen LogP contribution in [0.4, 0.5) is 0 Å². The van der Waals surface area contributed by atoms with E-state index in [1.54, 1.807) is 17.9 Å². The third kappa shape index (κ3) is 4.17. The molecule has 1 aliphatic heterocycles. The minimum absolute atomic E-state index is 0.00380. The quantitative estimate of drug-likeness (QED) is 0.655. The van der Waals surface area contributed by atoms with Gasteiger partial charge in [0.05, 0.1) is 18.5 Å². The molecule has 0 bridgehead atoms. The van der Waals surface area contributed by atoms with Gasteiger partial charge in [0.25, 0.3) is 5.56 Å². The summed E-state index contributed by atoms with van der Waals surface area (Å²) in [6, 6.07) is 17.5. The third-order valence-electron chi connectivity index (χ3n) is 5.59. The second-order valence-electron chi connectivity index (χ2n) is 7.47. The molecule has 3 aromatic rings. The fourth-order valence-electron chi connectivity index (χ4n) is 4.20. The van der Waals surface area contributed by atoms with E-state index >= 15 is 0 Å². The maximum absolute atomic E-state index is 12.7. The number of piperazine rings is 1. The minimum atomic E-state index is 0.00380. The van der Waals surface area contributed by atoms with Crippen LogP contribution in [-0.2, 0) is 13.1 Å². The Morgan fingerprint density at radius 1 is 1.17 bits per heavy atom. The maximum Gasteiger partial charge on any atom is 0.271 e. The molecule has 2 aromatic carbocycles. The largest absolute Gasteiger partial charge is 0.496 e. The van der Waals surface area contributed by atoms with Gasteiger partial charge in [-0.1, -0.05) is 35.9 Å². The number of halogens is 1. The fourth-order valence-corrected chi connectivity index (χ4v) is 4.36. The van der Waals surface area contributed by atoms with Crippen molar-refractivity contribution in [2.24, 2.45) is 0 Å². The molecule has 0 spiro atoms. The fraction of sp³-hybridized carbons (Fsp3) is 0.348. The van der Waals surface area contributed by atoms with Gasteiger partial charge in [-0.3, -0.25) is 14.4 Å². The highest BCUT2D eigenvalue weighted by Gasteiger charge is 2.25. The van der Waals surface area contributed by atoms with Gasteiger partial charge in [-0.2, -0.15) is 0 Å². The first-order chi connectivity index (χ1) is 14.6. The van der Waals surface area contributed by atoms with Crippen molar-refractivity contribution in [3.8, 4) is 11.4 Å². The summed E-state index contributed by atoms with van der Waals surface area (Å²) in [6.45, 7) is 6.13. The monoisotopic (exact) mass is 426 g/mol. The zero-order valence-electron chi connectivity index (χ0n) is 17.3. The summed E-state index contributed by atoms with van der Waals surface area (Å²) in [4.78, 5) is 15.1. The number of ether oxygens (including phenoxy) is 1. The summed E-state index contributed by atoms with van der Waals surface area (Å²) in [6.07, 6.45) is 0. The van der Waals surface area contributed by atoms with E-state index in [1.165, 1.54) is 0 Å². The molecule has 2 heterocycles. The van der Waals surface area contributed by atoms with Crippen LogP contribution < -0.4 is 15.6 Å². The molecule has 1 aliphatic rings. The van der Waals surface area contributed by atoms with Crippen LogP contribution in [0.1, 0.15) is 24.2 Å². The maximum atomic E-state index is 12.7. The average molecular weight is 427 g/mol. The van der Waals surface area contributed by atoms with Crippen molar-refractivity contribution in [2.45, 2.75) is 26.1 Å². The Hall–Kier alpha value is -2.54. The number of rotatable bonds is 6. The number of hydrogen-bond donors (Lipinski definition) is 1. The van der Waals surface area contributed by atoms with Gasteiger partial charge < -0.3 is 10.1 Å². The van der Waals surface area contributed by atoms with Gasteiger partial charge in [0, 0.05) is 55.4 Å². The lowest BCUT2D eigenvalue weighted by Crippen LogP contribution is -2.45. The SMILES string of the molecule is CCn1c(CN2CCNC(c3ccc(Cl)cc3OC)C2)cc(=O)n1-c1ccccc1. The molecule has 158 valence electrons. The summed E-state index contributed by atoms with van der Waals surface area (Å²) < 4.78 is 9.37. The predicted octanol–water partition coefficient (Wildman–Crippen LogP) is 3.47. The molecule has 1 unspecified atom stereocenters. The summed E-state index contributed by atoms with van der Waals surface area (Å²) >= 11 is 6.13. The van der Waals surface area contributed by atoms with Crippen molar-refractivity contribution in [3.05, 3.63) is 81.2 Å². The van der Waals surface area contributed by atoms with Crippen LogP contribution in [0.5, 0.6) is 5.75 Å². The Balaban J connectivity index is 1.57. The van der Waals surface area contributed by atoms with Crippen molar-refractivity contribution in [3.63, 3.8) is 0 Å². The van der Waals surface area contributed by atoms with Gasteiger partial charge in [0.2, 0.25) is 0 Å². The van der Waals surface area contributed by atoms with Gasteiger partial charge >= 0.3 is 0 Å². The van der Waals surface area contributed by atoms with E-state index < -0.39 is 0 Å². The molecule has 0 saturated carbocycles. The normalized spacial score (nSPS) is 17.2. The lowest BCUT2D eigenvalue weighted by Gasteiger charge is -2.34. The number of hydrogen-bond acceptors (Lipinski definition) is 4. The Labute approximate surface area is 181 Å². The average Bonchev–Trinajstić information content (AvgIpc) is 3.09. The Morgan fingerprint density at radius 2 is 1.97 bits per heavy atom. The summed E-state index contributed by atoms with van der Waals surface area (Å²) in [5, 5.41) is 4.24. The van der Waals surface area contributed by atoms with Crippen molar-refractivity contribution < 1.29 is 4.74 Å². The lowest BCUT2D eigenvalue weighted by molar-refractivity contribution is 0.186. The van der Waals surface area contributed by atoms with E-state index in [-0.39, 0.29) is 11.6 Å². The first kappa shape index (κ1) is 20.7. The zero-order valence-corrected chi connectivity index (χ0v) is 18.1. The molecule has 0 radical (unpaired) electrons. The van der Waals surface area contributed by atoms with Gasteiger partial charge in [-0.25, -0.2) is 4.68 Å². The Morgan fingerprint density at radius 3 is 2.70 bits per heavy atom. The van der Waals surface area contributed by atoms with Crippen LogP contribution in [0.2, 0.25) is 5.02 Å². The van der Waals surface area contributed by atoms with E-state index in [0.29, 0.717) is 5.02 Å². The van der Waals surface area contributed by atoms with E-state index in [4.69, 9.17) is 16.3 Å². The van der Waals surface area contributed by atoms with E-state index in [9.17, 15) is 4.79 Å². The van der Waals surface area contributed by atoms with E-state index in [1.807, 2.05) is 48.5 Å². The number of para-hydroxylation sites is 1. The smallest absolute Gasteiger partial charge is 0.271 e. The van der Waals surface area contributed by atoms with Crippen molar-refractivity contribution in [2.75, 3.05) is 26.7 Å². The number of benzene rings is 2. The predicted molar refractivity (Wildman–Crippen MR) is 120 cm³/mol. The van der Waals surface area contributed by atoms with Crippen molar-refractivity contribution in [1.82, 2.24) is 19.6 Å². The summed E-state index contributed by atoms with van der Waals surface area (Å²) in [7, 11) is 1.67. The van der Waals surface area contributed by atoms with Crippen molar-refractivity contribution in [1.29, 1.82) is 0 Å². The van der Waals surface area contributed by atoms with Crippen LogP contribution in [0, 0.1) is 0 Å². The van der Waals surface area contributed by atoms with Gasteiger partial charge in [0.15, 0.2) is 0 Å². The number of nitrogens with zero attached hydrogens (tertiary/aromatic N) is 3. The van der Waals surface area contributed by atoms with Crippen LogP contribution in [0.15, 0.2) is 59.4 Å².